The fourth-order valence-corrected chi connectivity index (χ4v) is 6.67. The molecule has 6 rings (SSSR count). The molecule has 0 saturated heterocycles. The van der Waals surface area contributed by atoms with Crippen molar-refractivity contribution in [2.45, 2.75) is 35.8 Å². The zero-order chi connectivity index (χ0) is 38.6. The molecule has 0 radical (unpaired) electrons. The van der Waals surface area contributed by atoms with Gasteiger partial charge in [-0.25, -0.2) is 9.59 Å². The number of aromatic hydroxyl groups is 2. The number of phenols is 2. The van der Waals surface area contributed by atoms with E-state index in [2.05, 4.69) is 23.8 Å². The van der Waals surface area contributed by atoms with Crippen LogP contribution >= 0.6 is 11.8 Å². The number of hydrogen-bond acceptors (Lipinski definition) is 7. The summed E-state index contributed by atoms with van der Waals surface area (Å²) in [5, 5.41) is 25.6. The van der Waals surface area contributed by atoms with E-state index >= 15 is 0 Å². The predicted octanol–water partition coefficient (Wildman–Crippen LogP) is 11.5. The van der Waals surface area contributed by atoms with E-state index in [4.69, 9.17) is 9.47 Å². The standard InChI is InChI=1S/C46H40N2O6S/c1-3-5-31-7-11-33(12-8-31)29-53-45(51)47-43-27-39(23-25-41(43)35-15-19-37(49)20-16-35)55-40-24-26-42(36-17-21-38(50)22-18-36)44(28-40)48-46(52)54-30-34-13-9-32(6-4-2)10-14-34/h3-4,7-28,49-50H,1-2,5-6,29-30H2,(H,47,51)(H,48,52). The molecule has 0 aliphatic carbocycles. The van der Waals surface area contributed by atoms with E-state index in [-0.39, 0.29) is 24.7 Å². The van der Waals surface area contributed by atoms with Crippen molar-refractivity contribution >= 4 is 35.3 Å². The molecule has 2 amide bonds. The third kappa shape index (κ3) is 10.7. The summed E-state index contributed by atoms with van der Waals surface area (Å²) in [6, 6.07) is 40.4. The molecule has 0 spiro atoms. The van der Waals surface area contributed by atoms with Crippen molar-refractivity contribution in [3.05, 3.63) is 181 Å². The smallest absolute Gasteiger partial charge is 0.411 e. The number of ether oxygens (including phenoxy) is 2. The zero-order valence-corrected chi connectivity index (χ0v) is 30.9. The van der Waals surface area contributed by atoms with Gasteiger partial charge in [0.15, 0.2) is 0 Å². The molecule has 276 valence electrons. The third-order valence-electron chi connectivity index (χ3n) is 8.59. The molecule has 0 aliphatic rings. The molecule has 0 aromatic heterocycles. The first kappa shape index (κ1) is 38.0. The van der Waals surface area contributed by atoms with Crippen LogP contribution in [-0.2, 0) is 35.5 Å². The predicted molar refractivity (Wildman–Crippen MR) is 220 cm³/mol. The molecule has 8 nitrogen and oxygen atoms in total. The van der Waals surface area contributed by atoms with Gasteiger partial charge >= 0.3 is 12.2 Å². The van der Waals surface area contributed by atoms with Crippen molar-refractivity contribution in [1.29, 1.82) is 0 Å². The number of hydrogen-bond donors (Lipinski definition) is 4. The molecule has 0 bridgehead atoms. The quantitative estimate of drug-likeness (QED) is 0.0819. The van der Waals surface area contributed by atoms with Crippen molar-refractivity contribution in [3.8, 4) is 33.8 Å². The minimum absolute atomic E-state index is 0.0940. The maximum atomic E-state index is 13.1. The van der Waals surface area contributed by atoms with Gasteiger partial charge in [-0.3, -0.25) is 10.6 Å². The highest BCUT2D eigenvalue weighted by atomic mass is 32.2. The van der Waals surface area contributed by atoms with E-state index in [1.807, 2.05) is 97.1 Å². The summed E-state index contributed by atoms with van der Waals surface area (Å²) in [6.07, 6.45) is 3.96. The largest absolute Gasteiger partial charge is 0.508 e. The molecule has 0 fully saturated rings. The van der Waals surface area contributed by atoms with Gasteiger partial charge in [0.2, 0.25) is 0 Å². The number of anilines is 2. The first-order valence-corrected chi connectivity index (χ1v) is 18.4. The minimum Gasteiger partial charge on any atom is -0.508 e. The van der Waals surface area contributed by atoms with Gasteiger partial charge in [-0.05, 0) is 94.8 Å². The van der Waals surface area contributed by atoms with Crippen LogP contribution < -0.4 is 10.6 Å². The molecule has 0 aliphatic heterocycles. The Morgan fingerprint density at radius 2 is 0.891 bits per heavy atom. The van der Waals surface area contributed by atoms with E-state index in [9.17, 15) is 19.8 Å². The number of rotatable bonds is 14. The number of allylic oxidation sites excluding steroid dienone is 2. The van der Waals surface area contributed by atoms with E-state index in [0.717, 1.165) is 67.1 Å². The summed E-state index contributed by atoms with van der Waals surface area (Å²) in [7, 11) is 0. The van der Waals surface area contributed by atoms with Crippen LogP contribution in [0.4, 0.5) is 21.0 Å². The molecule has 9 heteroatoms. The fourth-order valence-electron chi connectivity index (χ4n) is 5.77. The van der Waals surface area contributed by atoms with Gasteiger partial charge in [0.1, 0.15) is 24.7 Å². The summed E-state index contributed by atoms with van der Waals surface area (Å²) >= 11 is 1.44. The van der Waals surface area contributed by atoms with E-state index in [0.29, 0.717) is 11.4 Å². The van der Waals surface area contributed by atoms with Gasteiger partial charge in [-0.1, -0.05) is 109 Å². The van der Waals surface area contributed by atoms with Crippen molar-refractivity contribution in [2.24, 2.45) is 0 Å². The highest BCUT2D eigenvalue weighted by Gasteiger charge is 2.15. The Hall–Kier alpha value is -6.71. The number of nitrogens with one attached hydrogen (secondary N) is 2. The van der Waals surface area contributed by atoms with Crippen molar-refractivity contribution < 1.29 is 29.3 Å². The second-order valence-corrected chi connectivity index (χ2v) is 13.8. The van der Waals surface area contributed by atoms with Crippen LogP contribution in [0, 0.1) is 0 Å². The highest BCUT2D eigenvalue weighted by molar-refractivity contribution is 7.99. The van der Waals surface area contributed by atoms with Gasteiger partial charge in [-0.15, -0.1) is 13.2 Å². The average molecular weight is 749 g/mol. The molecule has 6 aromatic carbocycles. The Morgan fingerprint density at radius 1 is 0.527 bits per heavy atom. The van der Waals surface area contributed by atoms with Crippen LogP contribution in [0.3, 0.4) is 0 Å². The molecular formula is C46H40N2O6S. The number of carbonyl (C=O) groups excluding carboxylic acids is 2. The lowest BCUT2D eigenvalue weighted by Gasteiger charge is -2.16. The van der Waals surface area contributed by atoms with E-state index < -0.39 is 12.2 Å². The number of benzene rings is 6. The summed E-state index contributed by atoms with van der Waals surface area (Å²) in [4.78, 5) is 27.9. The van der Waals surface area contributed by atoms with Gasteiger partial charge < -0.3 is 19.7 Å². The Balaban J connectivity index is 1.22. The van der Waals surface area contributed by atoms with Crippen molar-refractivity contribution in [1.82, 2.24) is 0 Å². The third-order valence-corrected chi connectivity index (χ3v) is 9.57. The summed E-state index contributed by atoms with van der Waals surface area (Å²) in [5.41, 5.74) is 8.03. The first-order valence-electron chi connectivity index (χ1n) is 17.6. The number of carbonyl (C=O) groups is 2. The van der Waals surface area contributed by atoms with E-state index in [1.54, 1.807) is 48.5 Å². The maximum Gasteiger partial charge on any atom is 0.411 e. The van der Waals surface area contributed by atoms with Crippen LogP contribution in [0.5, 0.6) is 11.5 Å². The molecule has 6 aromatic rings. The van der Waals surface area contributed by atoms with Crippen molar-refractivity contribution in [3.63, 3.8) is 0 Å². The zero-order valence-electron chi connectivity index (χ0n) is 30.0. The second-order valence-electron chi connectivity index (χ2n) is 12.6. The minimum atomic E-state index is -0.617. The van der Waals surface area contributed by atoms with Crippen LogP contribution in [0.15, 0.2) is 169 Å². The van der Waals surface area contributed by atoms with Crippen LogP contribution in [0.1, 0.15) is 22.3 Å². The van der Waals surface area contributed by atoms with Crippen LogP contribution in [-0.4, -0.2) is 22.4 Å². The van der Waals surface area contributed by atoms with Crippen molar-refractivity contribution in [2.75, 3.05) is 10.6 Å². The molecule has 0 saturated carbocycles. The SMILES string of the molecule is C=CCc1ccc(COC(=O)Nc2cc(Sc3ccc(-c4ccc(O)cc4)c(NC(=O)OCc4ccc(CC=C)cc4)c3)ccc2-c2ccc(O)cc2)cc1. The number of phenolic OH excluding ortho intramolecular Hbond substituents is 2. The van der Waals surface area contributed by atoms with Gasteiger partial charge in [0.25, 0.3) is 0 Å². The molecule has 0 heterocycles. The molecule has 4 N–H and O–H groups in total. The average Bonchev–Trinajstić information content (AvgIpc) is 3.19. The van der Waals surface area contributed by atoms with Crippen LogP contribution in [0.25, 0.3) is 22.3 Å². The normalized spacial score (nSPS) is 10.6. The van der Waals surface area contributed by atoms with Gasteiger partial charge in [0.05, 0.1) is 11.4 Å². The maximum absolute atomic E-state index is 13.1. The summed E-state index contributed by atoms with van der Waals surface area (Å²) < 4.78 is 11.2. The van der Waals surface area contributed by atoms with Gasteiger partial charge in [0, 0.05) is 20.9 Å². The van der Waals surface area contributed by atoms with Gasteiger partial charge in [-0.2, -0.15) is 0 Å². The second kappa shape index (κ2) is 18.4. The highest BCUT2D eigenvalue weighted by Crippen LogP contribution is 2.39. The fraction of sp³-hybridized carbons (Fsp3) is 0.0870. The lowest BCUT2D eigenvalue weighted by Crippen LogP contribution is -2.14. The lowest BCUT2D eigenvalue weighted by molar-refractivity contribution is 0.154. The molecule has 55 heavy (non-hydrogen) atoms. The van der Waals surface area contributed by atoms with Crippen LogP contribution in [0.2, 0.25) is 0 Å². The Labute approximate surface area is 324 Å². The first-order chi connectivity index (χ1) is 26.8. The lowest BCUT2D eigenvalue weighted by atomic mass is 10.0. The summed E-state index contributed by atoms with van der Waals surface area (Å²) in [6.45, 7) is 7.73. The molecule has 0 unspecified atom stereocenters. The van der Waals surface area contributed by atoms with E-state index in [1.165, 1.54) is 11.8 Å². The Kier molecular flexibility index (Phi) is 12.7. The molecule has 0 atom stereocenters. The molecular weight excluding hydrogens is 709 g/mol. The topological polar surface area (TPSA) is 117 Å². The Bertz CT molecular complexity index is 2110. The Morgan fingerprint density at radius 3 is 1.25 bits per heavy atom. The monoisotopic (exact) mass is 748 g/mol. The summed E-state index contributed by atoms with van der Waals surface area (Å²) in [5.74, 6) is 0.261. The number of amides is 2.